The fourth-order valence-electron chi connectivity index (χ4n) is 2.71. The van der Waals surface area contributed by atoms with E-state index in [4.69, 9.17) is 11.6 Å². The summed E-state index contributed by atoms with van der Waals surface area (Å²) < 4.78 is 0. The van der Waals surface area contributed by atoms with E-state index in [1.54, 1.807) is 6.20 Å². The average Bonchev–Trinajstić information content (AvgIpc) is 2.58. The topological polar surface area (TPSA) is 53.9 Å². The van der Waals surface area contributed by atoms with Crippen LogP contribution in [0.1, 0.15) is 25.3 Å². The van der Waals surface area contributed by atoms with Crippen molar-refractivity contribution in [1.82, 2.24) is 15.2 Å². The number of nitrogens with one attached hydrogen (secondary N) is 1. The molecule has 1 saturated heterocycles. The Labute approximate surface area is 142 Å². The van der Waals surface area contributed by atoms with E-state index in [2.05, 4.69) is 32.3 Å². The molecule has 0 bridgehead atoms. The second-order valence-corrected chi connectivity index (χ2v) is 6.55. The molecule has 2 heterocycles. The fraction of sp³-hybridized carbons (Fsp3) is 0.471. The van der Waals surface area contributed by atoms with Crippen molar-refractivity contribution >= 4 is 23.4 Å². The van der Waals surface area contributed by atoms with E-state index >= 15 is 0 Å². The van der Waals surface area contributed by atoms with Gasteiger partial charge in [0.15, 0.2) is 5.82 Å². The number of piperidine rings is 1. The first kappa shape index (κ1) is 16.0. The summed E-state index contributed by atoms with van der Waals surface area (Å²) in [7, 11) is 0. The number of hydrogen-bond donors (Lipinski definition) is 1. The van der Waals surface area contributed by atoms with Gasteiger partial charge in [0.05, 0.1) is 6.20 Å². The number of aromatic nitrogens is 3. The van der Waals surface area contributed by atoms with Gasteiger partial charge in [0, 0.05) is 24.7 Å². The summed E-state index contributed by atoms with van der Waals surface area (Å²) in [6.07, 6.45) is 4.98. The quantitative estimate of drug-likeness (QED) is 0.909. The lowest BCUT2D eigenvalue weighted by molar-refractivity contribution is 0.433. The number of benzene rings is 1. The number of rotatable bonds is 5. The van der Waals surface area contributed by atoms with E-state index < -0.39 is 0 Å². The monoisotopic (exact) mass is 331 g/mol. The lowest BCUT2D eigenvalue weighted by Gasteiger charge is -2.29. The zero-order chi connectivity index (χ0) is 16.1. The minimum Gasteiger partial charge on any atom is -0.368 e. The molecule has 0 atom stereocenters. The van der Waals surface area contributed by atoms with Gasteiger partial charge in [0.1, 0.15) is 0 Å². The maximum absolute atomic E-state index is 5.90. The molecule has 2 aromatic rings. The van der Waals surface area contributed by atoms with Crippen molar-refractivity contribution in [3.8, 4) is 0 Å². The van der Waals surface area contributed by atoms with Crippen LogP contribution < -0.4 is 10.2 Å². The zero-order valence-electron chi connectivity index (χ0n) is 13.4. The molecule has 0 spiro atoms. The average molecular weight is 332 g/mol. The van der Waals surface area contributed by atoms with E-state index in [1.165, 1.54) is 18.4 Å². The molecule has 1 aliphatic heterocycles. The summed E-state index contributed by atoms with van der Waals surface area (Å²) in [4.78, 5) is 6.81. The number of halogens is 1. The molecule has 1 aromatic heterocycles. The molecule has 1 aliphatic rings. The molecule has 5 nitrogen and oxygen atoms in total. The SMILES string of the molecule is CC1CCN(c2nncc(NCCc3ccc(Cl)cc3)n2)CC1. The minimum atomic E-state index is 0.730. The van der Waals surface area contributed by atoms with Gasteiger partial charge in [-0.1, -0.05) is 30.7 Å². The van der Waals surface area contributed by atoms with Crippen molar-refractivity contribution in [1.29, 1.82) is 0 Å². The third kappa shape index (κ3) is 4.55. The number of nitrogens with zero attached hydrogens (tertiary/aromatic N) is 4. The highest BCUT2D eigenvalue weighted by Crippen LogP contribution is 2.20. The maximum atomic E-state index is 5.90. The Hall–Kier alpha value is -1.88. The van der Waals surface area contributed by atoms with Crippen molar-refractivity contribution in [2.75, 3.05) is 29.9 Å². The number of hydrogen-bond acceptors (Lipinski definition) is 5. The largest absolute Gasteiger partial charge is 0.368 e. The van der Waals surface area contributed by atoms with Crippen molar-refractivity contribution in [2.24, 2.45) is 5.92 Å². The molecule has 1 aromatic carbocycles. The highest BCUT2D eigenvalue weighted by atomic mass is 35.5. The summed E-state index contributed by atoms with van der Waals surface area (Å²) in [5.74, 6) is 2.30. The van der Waals surface area contributed by atoms with Crippen LogP contribution in [0.15, 0.2) is 30.5 Å². The molecule has 0 aliphatic carbocycles. The van der Waals surface area contributed by atoms with E-state index in [1.807, 2.05) is 24.3 Å². The minimum absolute atomic E-state index is 0.730. The Kier molecular flexibility index (Phi) is 5.28. The van der Waals surface area contributed by atoms with Crippen LogP contribution in [-0.2, 0) is 6.42 Å². The second kappa shape index (κ2) is 7.59. The van der Waals surface area contributed by atoms with E-state index in [0.29, 0.717) is 0 Å². The van der Waals surface area contributed by atoms with Gasteiger partial charge in [0.2, 0.25) is 5.95 Å². The molecule has 0 amide bonds. The summed E-state index contributed by atoms with van der Waals surface area (Å²) in [5, 5.41) is 12.3. The predicted molar refractivity (Wildman–Crippen MR) is 94.1 cm³/mol. The maximum Gasteiger partial charge on any atom is 0.247 e. The Morgan fingerprint density at radius 3 is 2.70 bits per heavy atom. The summed E-state index contributed by atoms with van der Waals surface area (Å²) in [5.41, 5.74) is 1.24. The van der Waals surface area contributed by atoms with Gasteiger partial charge in [-0.3, -0.25) is 0 Å². The lowest BCUT2D eigenvalue weighted by atomic mass is 10.00. The van der Waals surface area contributed by atoms with Gasteiger partial charge in [-0.05, 0) is 42.9 Å². The molecule has 0 radical (unpaired) electrons. The van der Waals surface area contributed by atoms with Crippen LogP contribution >= 0.6 is 11.6 Å². The van der Waals surface area contributed by atoms with E-state index in [-0.39, 0.29) is 0 Å². The molecule has 23 heavy (non-hydrogen) atoms. The Bertz CT molecular complexity index is 623. The molecule has 0 unspecified atom stereocenters. The molecule has 6 heteroatoms. The molecular formula is C17H22ClN5. The van der Waals surface area contributed by atoms with Crippen LogP contribution in [0.5, 0.6) is 0 Å². The molecule has 122 valence electrons. The third-order valence-corrected chi connectivity index (χ3v) is 4.50. The smallest absolute Gasteiger partial charge is 0.247 e. The molecular weight excluding hydrogens is 310 g/mol. The second-order valence-electron chi connectivity index (χ2n) is 6.11. The van der Waals surface area contributed by atoms with Crippen LogP contribution in [0, 0.1) is 5.92 Å². The van der Waals surface area contributed by atoms with Crippen LogP contribution in [0.2, 0.25) is 5.02 Å². The molecule has 1 fully saturated rings. The Balaban J connectivity index is 1.54. The summed E-state index contributed by atoms with van der Waals surface area (Å²) in [6, 6.07) is 7.92. The van der Waals surface area contributed by atoms with Crippen LogP contribution in [-0.4, -0.2) is 34.8 Å². The van der Waals surface area contributed by atoms with Gasteiger partial charge < -0.3 is 10.2 Å². The van der Waals surface area contributed by atoms with Gasteiger partial charge in [-0.15, -0.1) is 5.10 Å². The van der Waals surface area contributed by atoms with Crippen LogP contribution in [0.25, 0.3) is 0 Å². The first-order chi connectivity index (χ1) is 11.2. The molecule has 3 rings (SSSR count). The normalized spacial score (nSPS) is 15.7. The first-order valence-electron chi connectivity index (χ1n) is 8.14. The molecule has 1 N–H and O–H groups in total. The molecule has 0 saturated carbocycles. The van der Waals surface area contributed by atoms with E-state index in [9.17, 15) is 0 Å². The van der Waals surface area contributed by atoms with Gasteiger partial charge in [-0.2, -0.15) is 10.1 Å². The predicted octanol–water partition coefficient (Wildman–Crippen LogP) is 3.42. The van der Waals surface area contributed by atoms with Crippen molar-refractivity contribution in [3.63, 3.8) is 0 Å². The highest BCUT2D eigenvalue weighted by molar-refractivity contribution is 6.30. The van der Waals surface area contributed by atoms with Crippen molar-refractivity contribution < 1.29 is 0 Å². The van der Waals surface area contributed by atoms with E-state index in [0.717, 1.165) is 48.8 Å². The van der Waals surface area contributed by atoms with Crippen LogP contribution in [0.3, 0.4) is 0 Å². The highest BCUT2D eigenvalue weighted by Gasteiger charge is 2.18. The zero-order valence-corrected chi connectivity index (χ0v) is 14.1. The van der Waals surface area contributed by atoms with Crippen molar-refractivity contribution in [3.05, 3.63) is 41.0 Å². The van der Waals surface area contributed by atoms with Crippen molar-refractivity contribution in [2.45, 2.75) is 26.2 Å². The Morgan fingerprint density at radius 1 is 1.22 bits per heavy atom. The lowest BCUT2D eigenvalue weighted by Crippen LogP contribution is -2.34. The third-order valence-electron chi connectivity index (χ3n) is 4.25. The summed E-state index contributed by atoms with van der Waals surface area (Å²) >= 11 is 5.90. The fourth-order valence-corrected chi connectivity index (χ4v) is 2.83. The van der Waals surface area contributed by atoms with Gasteiger partial charge >= 0.3 is 0 Å². The standard InChI is InChI=1S/C17H22ClN5/c1-13-7-10-23(11-8-13)17-21-16(12-20-22-17)19-9-6-14-2-4-15(18)5-3-14/h2-5,12-13H,6-11H2,1H3,(H,19,21,22). The first-order valence-corrected chi connectivity index (χ1v) is 8.51. The van der Waals surface area contributed by atoms with Crippen LogP contribution in [0.4, 0.5) is 11.8 Å². The number of anilines is 2. The van der Waals surface area contributed by atoms with Gasteiger partial charge in [0.25, 0.3) is 0 Å². The Morgan fingerprint density at radius 2 is 1.96 bits per heavy atom. The summed E-state index contributed by atoms with van der Waals surface area (Å²) in [6.45, 7) is 5.12. The van der Waals surface area contributed by atoms with Gasteiger partial charge in [-0.25, -0.2) is 0 Å².